The van der Waals surface area contributed by atoms with E-state index in [0.717, 1.165) is 0 Å². The van der Waals surface area contributed by atoms with Gasteiger partial charge < -0.3 is 20.1 Å². The van der Waals surface area contributed by atoms with E-state index in [-0.39, 0.29) is 17.4 Å². The van der Waals surface area contributed by atoms with Crippen LogP contribution in [0.25, 0.3) is 0 Å². The Kier molecular flexibility index (Phi) is 3.87. The van der Waals surface area contributed by atoms with Crippen molar-refractivity contribution in [2.45, 2.75) is 19.9 Å². The van der Waals surface area contributed by atoms with E-state index in [9.17, 15) is 0 Å². The van der Waals surface area contributed by atoms with Crippen molar-refractivity contribution in [2.75, 3.05) is 12.4 Å². The molecule has 0 aliphatic heterocycles. The van der Waals surface area contributed by atoms with Gasteiger partial charge in [0.05, 0.1) is 12.6 Å². The van der Waals surface area contributed by atoms with E-state index in [1.807, 2.05) is 13.8 Å². The molecule has 1 aromatic heterocycles. The summed E-state index contributed by atoms with van der Waals surface area (Å²) in [7, 11) is -0.221. The molecule has 0 saturated carbocycles. The van der Waals surface area contributed by atoms with E-state index in [0.29, 0.717) is 5.95 Å². The van der Waals surface area contributed by atoms with E-state index in [4.69, 9.17) is 14.8 Å². The van der Waals surface area contributed by atoms with Gasteiger partial charge in [-0.1, -0.05) is 0 Å². The molecule has 0 unspecified atom stereocenters. The molecule has 0 fully saturated rings. The number of aromatic nitrogens is 2. The Balaban J connectivity index is 2.97. The van der Waals surface area contributed by atoms with Crippen LogP contribution >= 0.6 is 0 Å². The Hall–Kier alpha value is -1.34. The van der Waals surface area contributed by atoms with Crippen molar-refractivity contribution in [1.82, 2.24) is 9.97 Å². The molecular formula is C8H14BN3O3. The minimum atomic E-state index is -1.63. The van der Waals surface area contributed by atoms with Gasteiger partial charge in [-0.3, -0.25) is 0 Å². The second kappa shape index (κ2) is 4.95. The van der Waals surface area contributed by atoms with Crippen LogP contribution in [0.15, 0.2) is 6.20 Å². The Bertz CT molecular complexity index is 333. The molecule has 6 nitrogen and oxygen atoms in total. The highest BCUT2D eigenvalue weighted by Crippen LogP contribution is 2.06. The Morgan fingerprint density at radius 1 is 1.47 bits per heavy atom. The third-order valence-electron chi connectivity index (χ3n) is 1.67. The molecule has 0 radical (unpaired) electrons. The van der Waals surface area contributed by atoms with Gasteiger partial charge >= 0.3 is 7.12 Å². The standard InChI is InChI=1S/C8H14BN3O3/c1-5(2)11-8-10-4-6(9(13)14)7(12-8)15-3/h4-5,13-14H,1-3H3,(H,10,11,12). The van der Waals surface area contributed by atoms with Gasteiger partial charge in [0.25, 0.3) is 0 Å². The first-order valence-electron chi connectivity index (χ1n) is 4.58. The predicted molar refractivity (Wildman–Crippen MR) is 57.2 cm³/mol. The van der Waals surface area contributed by atoms with Crippen LogP contribution in [-0.4, -0.2) is 40.3 Å². The monoisotopic (exact) mass is 211 g/mol. The molecule has 0 aliphatic carbocycles. The number of ether oxygens (including phenoxy) is 1. The maximum Gasteiger partial charge on any atom is 0.495 e. The number of rotatable bonds is 4. The molecule has 15 heavy (non-hydrogen) atoms. The van der Waals surface area contributed by atoms with Crippen molar-refractivity contribution in [3.05, 3.63) is 6.20 Å². The largest absolute Gasteiger partial charge is 0.495 e. The van der Waals surface area contributed by atoms with E-state index < -0.39 is 7.12 Å². The predicted octanol–water partition coefficient (Wildman–Crippen LogP) is -1.01. The second-order valence-electron chi connectivity index (χ2n) is 3.33. The summed E-state index contributed by atoms with van der Waals surface area (Å²) in [4.78, 5) is 7.91. The van der Waals surface area contributed by atoms with Crippen LogP contribution in [0.1, 0.15) is 13.8 Å². The number of hydrogen-bond donors (Lipinski definition) is 3. The van der Waals surface area contributed by atoms with Gasteiger partial charge in [0.1, 0.15) is 0 Å². The first-order valence-corrected chi connectivity index (χ1v) is 4.58. The van der Waals surface area contributed by atoms with Crippen molar-refractivity contribution >= 4 is 18.5 Å². The number of nitrogens with one attached hydrogen (secondary N) is 1. The molecule has 1 rings (SSSR count). The molecule has 1 aromatic rings. The fourth-order valence-corrected chi connectivity index (χ4v) is 1.04. The van der Waals surface area contributed by atoms with Crippen LogP contribution in [0.5, 0.6) is 5.88 Å². The first kappa shape index (κ1) is 11.7. The number of anilines is 1. The summed E-state index contributed by atoms with van der Waals surface area (Å²) in [6.45, 7) is 3.90. The van der Waals surface area contributed by atoms with E-state index in [2.05, 4.69) is 15.3 Å². The van der Waals surface area contributed by atoms with E-state index in [1.165, 1.54) is 13.3 Å². The second-order valence-corrected chi connectivity index (χ2v) is 3.33. The summed E-state index contributed by atoms with van der Waals surface area (Å²) in [6, 6.07) is 0.194. The molecule has 0 saturated heterocycles. The van der Waals surface area contributed by atoms with Gasteiger partial charge in [-0.05, 0) is 13.8 Å². The third kappa shape index (κ3) is 3.07. The van der Waals surface area contributed by atoms with Crippen LogP contribution in [0, 0.1) is 0 Å². The average molecular weight is 211 g/mol. The van der Waals surface area contributed by atoms with Gasteiger partial charge in [-0.2, -0.15) is 4.98 Å². The van der Waals surface area contributed by atoms with Crippen LogP contribution in [-0.2, 0) is 0 Å². The average Bonchev–Trinajstić information content (AvgIpc) is 2.16. The molecule has 7 heteroatoms. The highest BCUT2D eigenvalue weighted by molar-refractivity contribution is 6.59. The summed E-state index contributed by atoms with van der Waals surface area (Å²) in [5.41, 5.74) is 0.145. The lowest BCUT2D eigenvalue weighted by Crippen LogP contribution is -2.32. The zero-order valence-electron chi connectivity index (χ0n) is 8.93. The number of nitrogens with zero attached hydrogens (tertiary/aromatic N) is 2. The molecule has 0 bridgehead atoms. The van der Waals surface area contributed by atoms with Crippen LogP contribution in [0.2, 0.25) is 0 Å². The van der Waals surface area contributed by atoms with Crippen molar-refractivity contribution in [3.63, 3.8) is 0 Å². The zero-order valence-corrected chi connectivity index (χ0v) is 8.93. The highest BCUT2D eigenvalue weighted by atomic mass is 16.5. The SMILES string of the molecule is COc1nc(NC(C)C)ncc1B(O)O. The smallest absolute Gasteiger partial charge is 0.481 e. The molecule has 0 aliphatic rings. The summed E-state index contributed by atoms with van der Waals surface area (Å²) < 4.78 is 4.92. The van der Waals surface area contributed by atoms with Crippen molar-refractivity contribution < 1.29 is 14.8 Å². The third-order valence-corrected chi connectivity index (χ3v) is 1.67. The molecule has 82 valence electrons. The molecule has 0 amide bonds. The summed E-state index contributed by atoms with van der Waals surface area (Å²) in [5.74, 6) is 0.550. The Labute approximate surface area is 88.5 Å². The minimum absolute atomic E-state index is 0.145. The number of hydrogen-bond acceptors (Lipinski definition) is 6. The van der Waals surface area contributed by atoms with E-state index >= 15 is 0 Å². The molecule has 3 N–H and O–H groups in total. The lowest BCUT2D eigenvalue weighted by atomic mass is 9.82. The quantitative estimate of drug-likeness (QED) is 0.553. The topological polar surface area (TPSA) is 87.5 Å². The zero-order chi connectivity index (χ0) is 11.4. The normalized spacial score (nSPS) is 10.3. The summed E-state index contributed by atoms with van der Waals surface area (Å²) in [6.07, 6.45) is 1.32. The summed E-state index contributed by atoms with van der Waals surface area (Å²) in [5, 5.41) is 20.9. The van der Waals surface area contributed by atoms with Crippen molar-refractivity contribution in [3.8, 4) is 5.88 Å². The van der Waals surface area contributed by atoms with Gasteiger partial charge in [0, 0.05) is 12.2 Å². The molecule has 0 spiro atoms. The Morgan fingerprint density at radius 3 is 2.60 bits per heavy atom. The lowest BCUT2D eigenvalue weighted by Gasteiger charge is -2.11. The van der Waals surface area contributed by atoms with Crippen LogP contribution in [0.4, 0.5) is 5.95 Å². The molecule has 0 aromatic carbocycles. The summed E-state index contributed by atoms with van der Waals surface area (Å²) >= 11 is 0. The Morgan fingerprint density at radius 2 is 2.13 bits per heavy atom. The minimum Gasteiger partial charge on any atom is -0.481 e. The van der Waals surface area contributed by atoms with E-state index in [1.54, 1.807) is 0 Å². The first-order chi connectivity index (χ1) is 7.04. The fraction of sp³-hybridized carbons (Fsp3) is 0.500. The molecule has 0 atom stereocenters. The van der Waals surface area contributed by atoms with Crippen LogP contribution < -0.4 is 15.5 Å². The van der Waals surface area contributed by atoms with Gasteiger partial charge in [0.15, 0.2) is 0 Å². The highest BCUT2D eigenvalue weighted by Gasteiger charge is 2.19. The van der Waals surface area contributed by atoms with Crippen molar-refractivity contribution in [2.24, 2.45) is 0 Å². The number of methoxy groups -OCH3 is 1. The molecule has 1 heterocycles. The van der Waals surface area contributed by atoms with Gasteiger partial charge in [-0.15, -0.1) is 0 Å². The molecular weight excluding hydrogens is 197 g/mol. The fourth-order valence-electron chi connectivity index (χ4n) is 1.04. The van der Waals surface area contributed by atoms with Gasteiger partial charge in [-0.25, -0.2) is 4.98 Å². The van der Waals surface area contributed by atoms with Crippen molar-refractivity contribution in [1.29, 1.82) is 0 Å². The van der Waals surface area contributed by atoms with Gasteiger partial charge in [0.2, 0.25) is 11.8 Å². The maximum absolute atomic E-state index is 8.98. The maximum atomic E-state index is 8.98. The van der Waals surface area contributed by atoms with Crippen LogP contribution in [0.3, 0.4) is 0 Å². The lowest BCUT2D eigenvalue weighted by molar-refractivity contribution is 0.390.